The Balaban J connectivity index is 1.93. The van der Waals surface area contributed by atoms with Crippen LogP contribution in [0, 0.1) is 0 Å². The van der Waals surface area contributed by atoms with Crippen LogP contribution in [0.1, 0.15) is 90.3 Å². The molecule has 0 saturated heterocycles. The first-order chi connectivity index (χ1) is 12.9. The van der Waals surface area contributed by atoms with Crippen LogP contribution in [0.25, 0.3) is 5.57 Å². The topological polar surface area (TPSA) is 21.3 Å². The highest BCUT2D eigenvalue weighted by Crippen LogP contribution is 2.42. The highest BCUT2D eigenvalue weighted by Gasteiger charge is 2.39. The summed E-state index contributed by atoms with van der Waals surface area (Å²) < 4.78 is 5.83. The Morgan fingerprint density at radius 1 is 0.929 bits per heavy atom. The quantitative estimate of drug-likeness (QED) is 0.353. The Morgan fingerprint density at radius 2 is 1.57 bits per heavy atom. The van der Waals surface area contributed by atoms with Gasteiger partial charge in [0.05, 0.1) is 5.60 Å². The van der Waals surface area contributed by atoms with E-state index in [1.54, 1.807) is 11.1 Å². The van der Waals surface area contributed by atoms with Gasteiger partial charge in [-0.15, -0.1) is 0 Å². The molecule has 158 valence electrons. The molecule has 0 fully saturated rings. The van der Waals surface area contributed by atoms with E-state index in [1.165, 1.54) is 37.7 Å². The molecule has 0 heterocycles. The van der Waals surface area contributed by atoms with Gasteiger partial charge >= 0.3 is 0 Å². The molecule has 1 aromatic carbocycles. The zero-order valence-electron chi connectivity index (χ0n) is 19.6. The Morgan fingerprint density at radius 3 is 2.21 bits per heavy atom. The maximum Gasteiger partial charge on any atom is 0.131 e. The Labute approximate surface area is 175 Å². The van der Waals surface area contributed by atoms with Crippen molar-refractivity contribution in [3.05, 3.63) is 41.5 Å². The van der Waals surface area contributed by atoms with Gasteiger partial charge in [0.15, 0.2) is 0 Å². The number of allylic oxidation sites excluding steroid dienone is 2. The number of unbranched alkanes of at least 4 members (excludes halogenated alkanes) is 3. The van der Waals surface area contributed by atoms with Gasteiger partial charge in [-0.2, -0.15) is 0 Å². The van der Waals surface area contributed by atoms with E-state index in [-0.39, 0.29) is 11.1 Å². The lowest BCUT2D eigenvalue weighted by atomic mass is 10.0. The zero-order chi connectivity index (χ0) is 21.0. The van der Waals surface area contributed by atoms with Crippen LogP contribution in [0.15, 0.2) is 30.3 Å². The molecule has 1 aromatic rings. The van der Waals surface area contributed by atoms with Crippen molar-refractivity contribution < 1.29 is 4.74 Å². The first-order valence-corrected chi connectivity index (χ1v) is 14.2. The smallest absolute Gasteiger partial charge is 0.131 e. The highest BCUT2D eigenvalue weighted by molar-refractivity contribution is 6.77. The van der Waals surface area contributed by atoms with Crippen molar-refractivity contribution in [3.63, 3.8) is 0 Å². The first kappa shape index (κ1) is 23.4. The van der Waals surface area contributed by atoms with Crippen LogP contribution >= 0.6 is 0 Å². The van der Waals surface area contributed by atoms with Crippen molar-refractivity contribution in [1.82, 2.24) is 4.98 Å². The number of ether oxygens (including phenoxy) is 1. The Hall–Kier alpha value is -0.903. The number of nitrogens with one attached hydrogen (secondary N) is 1. The Kier molecular flexibility index (Phi) is 7.74. The Bertz CT molecular complexity index is 664. The zero-order valence-corrected chi connectivity index (χ0v) is 20.6. The largest absolute Gasteiger partial charge is 0.376 e. The van der Waals surface area contributed by atoms with E-state index in [9.17, 15) is 0 Å². The number of fused-ring (bicyclic) bond motifs is 1. The van der Waals surface area contributed by atoms with Crippen LogP contribution in [0.3, 0.4) is 0 Å². The summed E-state index contributed by atoms with van der Waals surface area (Å²) in [6.07, 6.45) is 8.80. The molecule has 1 atom stereocenters. The summed E-state index contributed by atoms with van der Waals surface area (Å²) >= 11 is 0. The second-order valence-electron chi connectivity index (χ2n) is 11.0. The van der Waals surface area contributed by atoms with Gasteiger partial charge in [0.1, 0.15) is 8.24 Å². The summed E-state index contributed by atoms with van der Waals surface area (Å²) in [5.41, 5.74) is 5.34. The van der Waals surface area contributed by atoms with Gasteiger partial charge in [0.25, 0.3) is 0 Å². The minimum atomic E-state index is -1.62. The lowest BCUT2D eigenvalue weighted by molar-refractivity contribution is -0.00473. The molecule has 0 amide bonds. The summed E-state index contributed by atoms with van der Waals surface area (Å²) in [6.45, 7) is 19.1. The molecule has 0 aromatic heterocycles. The molecule has 0 radical (unpaired) electrons. The fraction of sp³-hybridized carbons (Fsp3) is 0.680. The van der Waals surface area contributed by atoms with E-state index < -0.39 is 8.24 Å². The second kappa shape index (κ2) is 9.28. The predicted octanol–water partition coefficient (Wildman–Crippen LogP) is 7.07. The molecule has 0 saturated carbocycles. The first-order valence-electron chi connectivity index (χ1n) is 11.1. The summed E-state index contributed by atoms with van der Waals surface area (Å²) in [5, 5.41) is 0. The van der Waals surface area contributed by atoms with Crippen LogP contribution in [0.5, 0.6) is 0 Å². The third kappa shape index (κ3) is 7.17. The fourth-order valence-electron chi connectivity index (χ4n) is 4.45. The highest BCUT2D eigenvalue weighted by atomic mass is 28.3. The van der Waals surface area contributed by atoms with Crippen LogP contribution in [0.2, 0.25) is 13.1 Å². The van der Waals surface area contributed by atoms with Crippen molar-refractivity contribution in [2.24, 2.45) is 0 Å². The van der Waals surface area contributed by atoms with Gasteiger partial charge in [-0.1, -0.05) is 56.3 Å². The second-order valence-corrected chi connectivity index (χ2v) is 15.3. The van der Waals surface area contributed by atoms with Crippen LogP contribution < -0.4 is 4.98 Å². The van der Waals surface area contributed by atoms with Crippen molar-refractivity contribution in [2.45, 2.75) is 103 Å². The van der Waals surface area contributed by atoms with Crippen LogP contribution in [-0.4, -0.2) is 26.0 Å². The monoisotopic (exact) mass is 401 g/mol. The molecule has 3 heteroatoms. The third-order valence-electron chi connectivity index (χ3n) is 5.36. The standard InChI is InChI=1S/C25H43NOSi/c1-24(2,3)26-28(7,8)23-19-20(21-16-12-13-17-22(21)23)15-11-9-10-14-18-27-25(4,5)6/h12-13,16-17,19,23,26H,9-11,14-15,18H2,1-8H3. The van der Waals surface area contributed by atoms with Gasteiger partial charge in [0.2, 0.25) is 0 Å². The molecule has 1 aliphatic rings. The summed E-state index contributed by atoms with van der Waals surface area (Å²) in [6, 6.07) is 9.09. The van der Waals surface area contributed by atoms with E-state index >= 15 is 0 Å². The summed E-state index contributed by atoms with van der Waals surface area (Å²) in [7, 11) is -1.62. The van der Waals surface area contributed by atoms with Crippen LogP contribution in [0.4, 0.5) is 0 Å². The van der Waals surface area contributed by atoms with Gasteiger partial charge in [-0.3, -0.25) is 0 Å². The van der Waals surface area contributed by atoms with Crippen molar-refractivity contribution in [2.75, 3.05) is 6.61 Å². The molecule has 2 nitrogen and oxygen atoms in total. The molecular weight excluding hydrogens is 358 g/mol. The van der Waals surface area contributed by atoms with Crippen molar-refractivity contribution in [3.8, 4) is 0 Å². The van der Waals surface area contributed by atoms with E-state index in [2.05, 4.69) is 90.0 Å². The molecule has 1 N–H and O–H groups in total. The molecule has 0 spiro atoms. The average Bonchev–Trinajstić information content (AvgIpc) is 2.91. The lowest BCUT2D eigenvalue weighted by Gasteiger charge is -2.37. The van der Waals surface area contributed by atoms with Crippen molar-refractivity contribution >= 4 is 13.8 Å². The minimum absolute atomic E-state index is 0.00877. The number of rotatable bonds is 9. The van der Waals surface area contributed by atoms with E-state index in [1.807, 2.05) is 0 Å². The minimum Gasteiger partial charge on any atom is -0.376 e. The molecule has 1 aliphatic carbocycles. The summed E-state index contributed by atoms with van der Waals surface area (Å²) in [5.74, 6) is 0. The van der Waals surface area contributed by atoms with E-state index in [0.29, 0.717) is 5.54 Å². The van der Waals surface area contributed by atoms with Gasteiger partial charge < -0.3 is 9.72 Å². The average molecular weight is 402 g/mol. The molecule has 28 heavy (non-hydrogen) atoms. The van der Waals surface area contributed by atoms with Gasteiger partial charge in [-0.25, -0.2) is 0 Å². The maximum atomic E-state index is 5.83. The SMILES string of the molecule is CC(C)(C)N[Si](C)(C)C1C=C(CCCCCCOC(C)(C)C)c2ccccc21. The van der Waals surface area contributed by atoms with E-state index in [0.717, 1.165) is 6.61 Å². The van der Waals surface area contributed by atoms with Gasteiger partial charge in [0, 0.05) is 17.7 Å². The molecule has 1 unspecified atom stereocenters. The van der Waals surface area contributed by atoms with Crippen molar-refractivity contribution in [1.29, 1.82) is 0 Å². The lowest BCUT2D eigenvalue weighted by Crippen LogP contribution is -2.57. The number of hydrogen-bond acceptors (Lipinski definition) is 2. The maximum absolute atomic E-state index is 5.83. The third-order valence-corrected chi connectivity index (χ3v) is 8.79. The predicted molar refractivity (Wildman–Crippen MR) is 126 cm³/mol. The van der Waals surface area contributed by atoms with E-state index in [4.69, 9.17) is 4.74 Å². The fourth-order valence-corrected chi connectivity index (χ4v) is 8.19. The normalized spacial score (nSPS) is 17.6. The number of benzene rings is 1. The molecule has 2 rings (SSSR count). The molecule has 0 bridgehead atoms. The molecule has 0 aliphatic heterocycles. The van der Waals surface area contributed by atoms with Crippen LogP contribution in [-0.2, 0) is 4.74 Å². The summed E-state index contributed by atoms with van der Waals surface area (Å²) in [4.78, 5) is 3.98. The number of hydrogen-bond donors (Lipinski definition) is 1. The molecular formula is C25H43NOSi. The van der Waals surface area contributed by atoms with Gasteiger partial charge in [-0.05, 0) is 77.5 Å².